The van der Waals surface area contributed by atoms with Gasteiger partial charge in [0.25, 0.3) is 0 Å². The fraction of sp³-hybridized carbons (Fsp3) is 0. The van der Waals surface area contributed by atoms with Gasteiger partial charge in [-0.05, 0) is 0 Å². The molecule has 0 unspecified atom stereocenters. The smallest absolute Gasteiger partial charge is 0 e. The molecule has 0 nitrogen and oxygen atoms in total. The van der Waals surface area contributed by atoms with Crippen LogP contribution in [0.25, 0.3) is 0 Å². The minimum atomic E-state index is 0. The van der Waals surface area contributed by atoms with Crippen molar-refractivity contribution in [3.63, 3.8) is 0 Å². The molecule has 0 spiro atoms. The summed E-state index contributed by atoms with van der Waals surface area (Å²) in [7, 11) is 0. The van der Waals surface area contributed by atoms with E-state index in [0.717, 1.165) is 0 Å². The first-order valence-corrected chi connectivity index (χ1v) is 0. The van der Waals surface area contributed by atoms with Gasteiger partial charge in [-0.1, -0.05) is 0 Å². The summed E-state index contributed by atoms with van der Waals surface area (Å²) in [5, 5.41) is 0. The molecule has 0 aliphatic rings. The van der Waals surface area contributed by atoms with E-state index in [4.69, 9.17) is 0 Å². The van der Waals surface area contributed by atoms with Crippen molar-refractivity contribution in [2.75, 3.05) is 0 Å². The summed E-state index contributed by atoms with van der Waals surface area (Å²) < 4.78 is 0. The van der Waals surface area contributed by atoms with Gasteiger partial charge in [-0.2, -0.15) is 0 Å². The van der Waals surface area contributed by atoms with Crippen molar-refractivity contribution in [3.05, 3.63) is 0 Å². The van der Waals surface area contributed by atoms with E-state index >= 15 is 0 Å². The minimum absolute atomic E-state index is 0. The number of hydrogen-bond donors (Lipinski definition) is 0. The zero-order valence-corrected chi connectivity index (χ0v) is 13.8. The largest absolute Gasteiger partial charge is 0 e. The SMILES string of the molecule is [Ni].[Ni].[Ni].[Ni].[Ni].[Ni].[Ni].[Ni].[Y]. The Labute approximate surface area is 161 Å². The third-order valence-electron chi connectivity index (χ3n) is 0. The fourth-order valence-corrected chi connectivity index (χ4v) is 0. The topological polar surface area (TPSA) is 0 Å². The van der Waals surface area contributed by atoms with Crippen LogP contribution in [0.4, 0.5) is 0 Å². The molecule has 9 heteroatoms. The summed E-state index contributed by atoms with van der Waals surface area (Å²) in [5.74, 6) is 0. The Morgan fingerprint density at radius 3 is 0.222 bits per heavy atom. The molecule has 1 radical (unpaired) electrons. The Kier molecular flexibility index (Phi) is 774. The van der Waals surface area contributed by atoms with Crippen LogP contribution < -0.4 is 0 Å². The van der Waals surface area contributed by atoms with Crippen LogP contribution in [0.15, 0.2) is 0 Å². The normalized spacial score (nSPS) is 0. The maximum Gasteiger partial charge on any atom is 0 e. The quantitative estimate of drug-likeness (QED) is 0.367. The van der Waals surface area contributed by atoms with Gasteiger partial charge in [0.05, 0.1) is 0 Å². The predicted octanol–water partition coefficient (Wildman–Crippen LogP) is -0.0225. The van der Waals surface area contributed by atoms with Crippen LogP contribution in [0.5, 0.6) is 0 Å². The molecule has 0 amide bonds. The molecule has 0 aromatic carbocycles. The fourth-order valence-electron chi connectivity index (χ4n) is 0. The van der Waals surface area contributed by atoms with Crippen molar-refractivity contribution in [2.24, 2.45) is 0 Å². The molecule has 0 rings (SSSR count). The van der Waals surface area contributed by atoms with Crippen molar-refractivity contribution in [3.8, 4) is 0 Å². The average Bonchev–Trinajstić information content (AvgIpc) is 0. The van der Waals surface area contributed by atoms with Crippen LogP contribution in [0, 0.1) is 0 Å². The van der Waals surface area contributed by atoms with Crippen molar-refractivity contribution >= 4 is 0 Å². The van der Waals surface area contributed by atoms with Gasteiger partial charge in [-0.15, -0.1) is 0 Å². The molecule has 0 heterocycles. The Morgan fingerprint density at radius 1 is 0.222 bits per heavy atom. The molecule has 0 aromatic rings. The summed E-state index contributed by atoms with van der Waals surface area (Å²) in [5.41, 5.74) is 0. The van der Waals surface area contributed by atoms with E-state index < -0.39 is 0 Å². The summed E-state index contributed by atoms with van der Waals surface area (Å²) in [6.45, 7) is 0. The Morgan fingerprint density at radius 2 is 0.222 bits per heavy atom. The van der Waals surface area contributed by atoms with Gasteiger partial charge in [-0.25, -0.2) is 0 Å². The van der Waals surface area contributed by atoms with E-state index in [2.05, 4.69) is 0 Å². The Bertz CT molecular complexity index is 4.53. The summed E-state index contributed by atoms with van der Waals surface area (Å²) in [6, 6.07) is 0. The molecule has 0 saturated heterocycles. The van der Waals surface area contributed by atoms with Gasteiger partial charge in [0.1, 0.15) is 0 Å². The van der Waals surface area contributed by atoms with Gasteiger partial charge >= 0.3 is 0 Å². The van der Waals surface area contributed by atoms with Crippen molar-refractivity contribution < 1.29 is 165 Å². The zero-order valence-electron chi connectivity index (χ0n) is 3.11. The van der Waals surface area contributed by atoms with Crippen molar-refractivity contribution in [1.29, 1.82) is 0 Å². The number of rotatable bonds is 0. The molecule has 0 N–H and O–H groups in total. The molecular formula is Ni8Y. The maximum atomic E-state index is 0. The first kappa shape index (κ1) is 93.8. The third-order valence-corrected chi connectivity index (χ3v) is 0. The molecule has 0 bridgehead atoms. The molecule has 0 atom stereocenters. The molecule has 0 aliphatic heterocycles. The van der Waals surface area contributed by atoms with Crippen LogP contribution in [-0.2, 0) is 165 Å². The van der Waals surface area contributed by atoms with E-state index in [9.17, 15) is 0 Å². The number of hydrogen-bond acceptors (Lipinski definition) is 0. The van der Waals surface area contributed by atoms with Crippen LogP contribution in [0.2, 0.25) is 0 Å². The monoisotopic (exact) mass is 552 g/mol. The molecule has 83 valence electrons. The molecule has 0 aromatic heterocycles. The van der Waals surface area contributed by atoms with E-state index in [1.807, 2.05) is 0 Å². The first-order valence-electron chi connectivity index (χ1n) is 0. The molecule has 0 fully saturated rings. The third kappa shape index (κ3) is 62.5. The summed E-state index contributed by atoms with van der Waals surface area (Å²) in [4.78, 5) is 0. The zero-order chi connectivity index (χ0) is 0. The van der Waals surface area contributed by atoms with Gasteiger partial charge in [-0.3, -0.25) is 0 Å². The maximum absolute atomic E-state index is 0. The van der Waals surface area contributed by atoms with E-state index in [-0.39, 0.29) is 165 Å². The molecule has 0 saturated carbocycles. The van der Waals surface area contributed by atoms with E-state index in [0.29, 0.717) is 0 Å². The van der Waals surface area contributed by atoms with Crippen LogP contribution >= 0.6 is 0 Å². The second kappa shape index (κ2) is 74.3. The van der Waals surface area contributed by atoms with Crippen molar-refractivity contribution in [1.82, 2.24) is 0 Å². The van der Waals surface area contributed by atoms with Gasteiger partial charge in [0.2, 0.25) is 0 Å². The molecule has 0 aliphatic carbocycles. The first-order chi connectivity index (χ1) is 0. The summed E-state index contributed by atoms with van der Waals surface area (Å²) in [6.07, 6.45) is 0. The second-order valence-electron chi connectivity index (χ2n) is 0. The second-order valence-corrected chi connectivity index (χ2v) is 0. The minimum Gasteiger partial charge on any atom is 0 e. The van der Waals surface area contributed by atoms with Crippen LogP contribution in [0.3, 0.4) is 0 Å². The van der Waals surface area contributed by atoms with Gasteiger partial charge < -0.3 is 0 Å². The average molecular weight is 558 g/mol. The van der Waals surface area contributed by atoms with Gasteiger partial charge in [0, 0.05) is 165 Å². The van der Waals surface area contributed by atoms with Crippen LogP contribution in [0.1, 0.15) is 0 Å². The Balaban J connectivity index is 0. The van der Waals surface area contributed by atoms with E-state index in [1.165, 1.54) is 0 Å². The van der Waals surface area contributed by atoms with Crippen molar-refractivity contribution in [2.45, 2.75) is 0 Å². The van der Waals surface area contributed by atoms with E-state index in [1.54, 1.807) is 0 Å². The standard InChI is InChI=1S/8Ni.Y. The predicted molar refractivity (Wildman–Crippen MR) is 0 cm³/mol. The Hall–Kier alpha value is 5.05. The molecular weight excluding hydrogens is 558 g/mol. The van der Waals surface area contributed by atoms with Crippen LogP contribution in [-0.4, -0.2) is 0 Å². The summed E-state index contributed by atoms with van der Waals surface area (Å²) >= 11 is 0. The molecule has 9 heavy (non-hydrogen) atoms. The van der Waals surface area contributed by atoms with Gasteiger partial charge in [0.15, 0.2) is 0 Å².